The van der Waals surface area contributed by atoms with Crippen LogP contribution in [0.3, 0.4) is 0 Å². The molecule has 5 nitrogen and oxygen atoms in total. The molecule has 3 aromatic rings. The van der Waals surface area contributed by atoms with Crippen molar-refractivity contribution in [3.63, 3.8) is 0 Å². The van der Waals surface area contributed by atoms with E-state index in [1.807, 2.05) is 19.1 Å². The molecular weight excluding hydrogens is 493 g/mol. The van der Waals surface area contributed by atoms with Crippen LogP contribution in [0.4, 0.5) is 13.2 Å². The van der Waals surface area contributed by atoms with E-state index in [4.69, 9.17) is 11.2 Å². The number of nitrogens with one attached hydrogen (secondary N) is 1. The molecule has 2 saturated carbocycles. The van der Waals surface area contributed by atoms with E-state index >= 15 is 0 Å². The van der Waals surface area contributed by atoms with Crippen LogP contribution in [0.5, 0.6) is 0 Å². The summed E-state index contributed by atoms with van der Waals surface area (Å²) in [6.07, 6.45) is 1.05. The first-order valence-corrected chi connectivity index (χ1v) is 14.2. The van der Waals surface area contributed by atoms with Gasteiger partial charge in [-0.05, 0) is 62.8 Å². The monoisotopic (exact) mass is 518 g/mol. The number of benzene rings is 1. The lowest BCUT2D eigenvalue weighted by Crippen LogP contribution is -2.62. The maximum Gasteiger partial charge on any atom is 0.407 e. The third-order valence-corrected chi connectivity index (χ3v) is 9.68. The lowest BCUT2D eigenvalue weighted by molar-refractivity contribution is -0.211. The minimum Gasteiger partial charge on any atom is -0.335 e. The molecule has 184 valence electrons. The zero-order chi connectivity index (χ0) is 25.0. The molecule has 2 aliphatic rings. The Labute approximate surface area is 207 Å². The molecule has 2 fully saturated rings. The normalized spacial score (nSPS) is 19.9. The fraction of sp³-hybridized carbons (Fsp3) is 0.440. The summed E-state index contributed by atoms with van der Waals surface area (Å²) in [6.45, 7) is 2.01. The average molecular weight is 519 g/mol. The first-order chi connectivity index (χ1) is 16.6. The van der Waals surface area contributed by atoms with Crippen molar-refractivity contribution in [2.75, 3.05) is 0 Å². The van der Waals surface area contributed by atoms with E-state index < -0.39 is 20.4 Å². The number of halogens is 3. The zero-order valence-corrected chi connectivity index (χ0v) is 20.8. The minimum atomic E-state index is -4.54. The van der Waals surface area contributed by atoms with Crippen LogP contribution in [0, 0.1) is 18.3 Å². The first-order valence-electron chi connectivity index (χ1n) is 11.7. The van der Waals surface area contributed by atoms with Gasteiger partial charge in [-0.2, -0.15) is 18.4 Å². The fourth-order valence-electron chi connectivity index (χ4n) is 5.30. The molecule has 0 aliphatic heterocycles. The van der Waals surface area contributed by atoms with Crippen LogP contribution in [0.1, 0.15) is 62.1 Å². The Morgan fingerprint density at radius 1 is 1.20 bits per heavy atom. The summed E-state index contributed by atoms with van der Waals surface area (Å²) in [6, 6.07) is 11.6. The SMILES string of the molecule is Cc1ccc2c(C#N)c(-c3ccc(S(=O)(=S)NC4(C(F)(F)F)CCC4)cn3)n(C3CCCC3)c2c1. The van der Waals surface area contributed by atoms with Crippen LogP contribution >= 0.6 is 0 Å². The van der Waals surface area contributed by atoms with Gasteiger partial charge in [0.25, 0.3) is 0 Å². The molecular formula is C25H25F3N4OS2. The topological polar surface area (TPSA) is 70.7 Å². The van der Waals surface area contributed by atoms with Crippen molar-refractivity contribution in [2.45, 2.75) is 74.5 Å². The van der Waals surface area contributed by atoms with Gasteiger partial charge >= 0.3 is 6.18 Å². The van der Waals surface area contributed by atoms with Gasteiger partial charge in [0.15, 0.2) is 0 Å². The number of fused-ring (bicyclic) bond motifs is 1. The van der Waals surface area contributed by atoms with Crippen LogP contribution in [-0.2, 0) is 19.9 Å². The molecule has 0 amide bonds. The van der Waals surface area contributed by atoms with Crippen molar-refractivity contribution in [1.29, 1.82) is 5.26 Å². The summed E-state index contributed by atoms with van der Waals surface area (Å²) in [4.78, 5) is 4.50. The van der Waals surface area contributed by atoms with Crippen molar-refractivity contribution >= 4 is 30.8 Å². The Balaban J connectivity index is 1.58. The number of hydrogen-bond acceptors (Lipinski definition) is 4. The Kier molecular flexibility index (Phi) is 5.93. The van der Waals surface area contributed by atoms with Crippen LogP contribution in [-0.4, -0.2) is 25.5 Å². The number of alkyl halides is 3. The van der Waals surface area contributed by atoms with Crippen molar-refractivity contribution in [2.24, 2.45) is 0 Å². The Morgan fingerprint density at radius 3 is 2.46 bits per heavy atom. The summed E-state index contributed by atoms with van der Waals surface area (Å²) in [7, 11) is -3.60. The van der Waals surface area contributed by atoms with Gasteiger partial charge in [-0.1, -0.05) is 25.0 Å². The smallest absolute Gasteiger partial charge is 0.335 e. The molecule has 0 bridgehead atoms. The van der Waals surface area contributed by atoms with Gasteiger partial charge in [0, 0.05) is 28.8 Å². The zero-order valence-electron chi connectivity index (χ0n) is 19.2. The maximum absolute atomic E-state index is 13.6. The Bertz CT molecular complexity index is 1430. The van der Waals surface area contributed by atoms with Gasteiger partial charge < -0.3 is 4.57 Å². The van der Waals surface area contributed by atoms with E-state index in [2.05, 4.69) is 26.4 Å². The van der Waals surface area contributed by atoms with Crippen LogP contribution in [0.2, 0.25) is 0 Å². The van der Waals surface area contributed by atoms with E-state index in [0.717, 1.165) is 42.1 Å². The molecule has 2 aromatic heterocycles. The Hall–Kier alpha value is -2.48. The van der Waals surface area contributed by atoms with Gasteiger partial charge in [-0.25, -0.2) is 8.93 Å². The third-order valence-electron chi connectivity index (χ3n) is 7.33. The van der Waals surface area contributed by atoms with Crippen molar-refractivity contribution in [3.05, 3.63) is 47.7 Å². The summed E-state index contributed by atoms with van der Waals surface area (Å²) in [5.41, 5.74) is 1.53. The summed E-state index contributed by atoms with van der Waals surface area (Å²) in [5.74, 6) is 0. The number of pyridine rings is 1. The largest absolute Gasteiger partial charge is 0.407 e. The number of nitrogens with zero attached hydrogens (tertiary/aromatic N) is 3. The molecule has 0 radical (unpaired) electrons. The lowest BCUT2D eigenvalue weighted by Gasteiger charge is -2.43. The highest BCUT2D eigenvalue weighted by Gasteiger charge is 2.59. The molecule has 0 saturated heterocycles. The minimum absolute atomic E-state index is 0.0321. The van der Waals surface area contributed by atoms with Gasteiger partial charge in [0.1, 0.15) is 20.3 Å². The van der Waals surface area contributed by atoms with Crippen molar-refractivity contribution in [3.8, 4) is 17.5 Å². The highest BCUT2D eigenvalue weighted by molar-refractivity contribution is 8.31. The van der Waals surface area contributed by atoms with Crippen molar-refractivity contribution < 1.29 is 17.4 Å². The summed E-state index contributed by atoms with van der Waals surface area (Å²) >= 11 is 5.13. The molecule has 0 spiro atoms. The second kappa shape index (κ2) is 8.57. The van der Waals surface area contributed by atoms with E-state index in [1.165, 1.54) is 12.3 Å². The maximum atomic E-state index is 13.6. The van der Waals surface area contributed by atoms with Gasteiger partial charge in [0.05, 0.1) is 27.4 Å². The molecule has 5 rings (SSSR count). The first kappa shape index (κ1) is 24.2. The van der Waals surface area contributed by atoms with Gasteiger partial charge in [-0.15, -0.1) is 0 Å². The standard InChI is InChI=1S/C25H25F3N4OS2/c1-16-7-9-19-20(14-29)23(32(22(19)13-16)17-5-2-3-6-17)21-10-8-18(15-30-21)35(33,34)31-24(11-4-12-24)25(26,27)28/h7-10,13,15,17,31H,2-6,11-12H2,1H3. The van der Waals surface area contributed by atoms with E-state index in [-0.39, 0.29) is 23.8 Å². The predicted octanol–water partition coefficient (Wildman–Crippen LogP) is 6.09. The van der Waals surface area contributed by atoms with Crippen LogP contribution in [0.25, 0.3) is 22.3 Å². The van der Waals surface area contributed by atoms with Gasteiger partial charge in [0.2, 0.25) is 0 Å². The Morgan fingerprint density at radius 2 is 1.91 bits per heavy atom. The summed E-state index contributed by atoms with van der Waals surface area (Å²) in [5, 5.41) is 10.9. The van der Waals surface area contributed by atoms with E-state index in [1.54, 1.807) is 6.07 Å². The lowest BCUT2D eigenvalue weighted by atomic mass is 9.77. The van der Waals surface area contributed by atoms with Crippen LogP contribution in [0.15, 0.2) is 41.4 Å². The number of rotatable bonds is 5. The fourth-order valence-corrected chi connectivity index (χ4v) is 7.46. The molecule has 1 aromatic carbocycles. The molecule has 1 atom stereocenters. The number of nitriles is 1. The third kappa shape index (κ3) is 4.03. The molecule has 10 heteroatoms. The molecule has 2 heterocycles. The average Bonchev–Trinajstić information content (AvgIpc) is 3.41. The number of hydrogen-bond donors (Lipinski definition) is 1. The second-order valence-corrected chi connectivity index (χ2v) is 12.7. The summed E-state index contributed by atoms with van der Waals surface area (Å²) < 4.78 is 58.4. The molecule has 35 heavy (non-hydrogen) atoms. The highest BCUT2D eigenvalue weighted by atomic mass is 32.8. The van der Waals surface area contributed by atoms with Gasteiger partial charge in [-0.3, -0.25) is 4.98 Å². The molecule has 1 unspecified atom stereocenters. The molecule has 2 aliphatic carbocycles. The van der Waals surface area contributed by atoms with Crippen molar-refractivity contribution in [1.82, 2.24) is 14.3 Å². The number of aryl methyl sites for hydroxylation is 1. The number of aromatic nitrogens is 2. The molecule has 1 N–H and O–H groups in total. The van der Waals surface area contributed by atoms with Crippen LogP contribution < -0.4 is 4.72 Å². The van der Waals surface area contributed by atoms with E-state index in [9.17, 15) is 22.6 Å². The predicted molar refractivity (Wildman–Crippen MR) is 132 cm³/mol. The second-order valence-electron chi connectivity index (χ2n) is 9.58. The van der Waals surface area contributed by atoms with E-state index in [0.29, 0.717) is 23.4 Å². The highest BCUT2D eigenvalue weighted by Crippen LogP contribution is 2.46. The quantitative estimate of drug-likeness (QED) is 0.444.